The molecule has 0 unspecified atom stereocenters. The summed E-state index contributed by atoms with van der Waals surface area (Å²) < 4.78 is 1.12. The SMILES string of the molecule is C[C@H]1CCCN(C(=O)c2n[nH]c3ccc(I)cc23)C1. The molecule has 1 N–H and O–H groups in total. The molecule has 0 saturated carbocycles. The molecule has 1 amide bonds. The third-order valence-corrected chi connectivity index (χ3v) is 4.34. The normalized spacial score (nSPS) is 19.9. The molecule has 3 rings (SSSR count). The number of rotatable bonds is 1. The molecule has 0 aliphatic carbocycles. The van der Waals surface area contributed by atoms with Crippen LogP contribution in [0.4, 0.5) is 0 Å². The summed E-state index contributed by atoms with van der Waals surface area (Å²) in [6.45, 7) is 3.89. The van der Waals surface area contributed by atoms with Crippen LogP contribution < -0.4 is 0 Å². The number of hydrogen-bond acceptors (Lipinski definition) is 2. The van der Waals surface area contributed by atoms with Gasteiger partial charge in [0.05, 0.1) is 5.52 Å². The largest absolute Gasteiger partial charge is 0.337 e. The highest BCUT2D eigenvalue weighted by molar-refractivity contribution is 14.1. The van der Waals surface area contributed by atoms with Crippen molar-refractivity contribution in [2.75, 3.05) is 13.1 Å². The van der Waals surface area contributed by atoms with Crippen molar-refractivity contribution in [2.24, 2.45) is 5.92 Å². The summed E-state index contributed by atoms with van der Waals surface area (Å²) in [5.74, 6) is 0.642. The zero-order chi connectivity index (χ0) is 13.4. The predicted octanol–water partition coefficient (Wildman–Crippen LogP) is 3.04. The van der Waals surface area contributed by atoms with E-state index < -0.39 is 0 Å². The first-order chi connectivity index (χ1) is 9.15. The minimum absolute atomic E-state index is 0.0554. The number of hydrogen-bond donors (Lipinski definition) is 1. The van der Waals surface area contributed by atoms with E-state index in [1.807, 2.05) is 23.1 Å². The molecule has 4 nitrogen and oxygen atoms in total. The predicted molar refractivity (Wildman–Crippen MR) is 83.1 cm³/mol. The van der Waals surface area contributed by atoms with E-state index in [9.17, 15) is 4.79 Å². The number of nitrogens with one attached hydrogen (secondary N) is 1. The highest BCUT2D eigenvalue weighted by atomic mass is 127. The number of H-pyrrole nitrogens is 1. The Bertz CT molecular complexity index is 622. The van der Waals surface area contributed by atoms with Gasteiger partial charge in [0.25, 0.3) is 5.91 Å². The van der Waals surface area contributed by atoms with E-state index in [1.54, 1.807) is 0 Å². The zero-order valence-corrected chi connectivity index (χ0v) is 13.0. The molecule has 5 heteroatoms. The van der Waals surface area contributed by atoms with E-state index in [1.165, 1.54) is 6.42 Å². The maximum atomic E-state index is 12.6. The Hall–Kier alpha value is -1.11. The number of nitrogens with zero attached hydrogens (tertiary/aromatic N) is 2. The zero-order valence-electron chi connectivity index (χ0n) is 10.8. The number of carbonyl (C=O) groups excluding carboxylic acids is 1. The van der Waals surface area contributed by atoms with Gasteiger partial charge in [-0.05, 0) is 59.5 Å². The van der Waals surface area contributed by atoms with Crippen LogP contribution in [0, 0.1) is 9.49 Å². The van der Waals surface area contributed by atoms with Crippen LogP contribution in [0.3, 0.4) is 0 Å². The van der Waals surface area contributed by atoms with Crippen molar-refractivity contribution in [3.8, 4) is 0 Å². The fraction of sp³-hybridized carbons (Fsp3) is 0.429. The van der Waals surface area contributed by atoms with E-state index in [0.29, 0.717) is 11.6 Å². The Morgan fingerprint density at radius 1 is 1.53 bits per heavy atom. The molecule has 0 bridgehead atoms. The van der Waals surface area contributed by atoms with Crippen LogP contribution in [0.1, 0.15) is 30.3 Å². The van der Waals surface area contributed by atoms with Crippen LogP contribution >= 0.6 is 22.6 Å². The Morgan fingerprint density at radius 3 is 3.16 bits per heavy atom. The van der Waals surface area contributed by atoms with E-state index in [0.717, 1.165) is 34.0 Å². The Balaban J connectivity index is 1.95. The van der Waals surface area contributed by atoms with Gasteiger partial charge in [0.15, 0.2) is 5.69 Å². The van der Waals surface area contributed by atoms with Gasteiger partial charge in [-0.25, -0.2) is 0 Å². The summed E-state index contributed by atoms with van der Waals surface area (Å²) in [5, 5.41) is 8.09. The molecule has 2 heterocycles. The number of carbonyl (C=O) groups is 1. The monoisotopic (exact) mass is 369 g/mol. The maximum Gasteiger partial charge on any atom is 0.275 e. The lowest BCUT2D eigenvalue weighted by molar-refractivity contribution is 0.0679. The van der Waals surface area contributed by atoms with Gasteiger partial charge in [0, 0.05) is 22.0 Å². The van der Waals surface area contributed by atoms with Crippen LogP contribution in [0.2, 0.25) is 0 Å². The molecule has 1 atom stereocenters. The third kappa shape index (κ3) is 2.48. The second-order valence-corrected chi connectivity index (χ2v) is 6.51. The van der Waals surface area contributed by atoms with Crippen molar-refractivity contribution in [2.45, 2.75) is 19.8 Å². The van der Waals surface area contributed by atoms with Crippen molar-refractivity contribution >= 4 is 39.4 Å². The first kappa shape index (κ1) is 12.9. The Labute approximate surface area is 125 Å². The summed E-state index contributed by atoms with van der Waals surface area (Å²) in [7, 11) is 0. The standard InChI is InChI=1S/C14H16IN3O/c1-9-3-2-6-18(8-9)14(19)13-11-7-10(15)4-5-12(11)16-17-13/h4-5,7,9H,2-3,6,8H2,1H3,(H,16,17)/t9-/m0/s1. The van der Waals surface area contributed by atoms with Gasteiger partial charge in [0.1, 0.15) is 0 Å². The van der Waals surface area contributed by atoms with Gasteiger partial charge in [-0.3, -0.25) is 9.89 Å². The lowest BCUT2D eigenvalue weighted by Gasteiger charge is -2.30. The van der Waals surface area contributed by atoms with Gasteiger partial charge in [-0.2, -0.15) is 5.10 Å². The quantitative estimate of drug-likeness (QED) is 0.786. The van der Waals surface area contributed by atoms with Gasteiger partial charge in [-0.15, -0.1) is 0 Å². The minimum Gasteiger partial charge on any atom is -0.337 e. The number of piperidine rings is 1. The van der Waals surface area contributed by atoms with Crippen molar-refractivity contribution < 1.29 is 4.79 Å². The number of fused-ring (bicyclic) bond motifs is 1. The summed E-state index contributed by atoms with van der Waals surface area (Å²) in [6, 6.07) is 6.00. The third-order valence-electron chi connectivity index (χ3n) is 3.67. The van der Waals surface area contributed by atoms with Crippen molar-refractivity contribution in [3.63, 3.8) is 0 Å². The topological polar surface area (TPSA) is 49.0 Å². The summed E-state index contributed by atoms with van der Waals surface area (Å²) in [5.41, 5.74) is 1.48. The average molecular weight is 369 g/mol. The summed E-state index contributed by atoms with van der Waals surface area (Å²) in [6.07, 6.45) is 2.30. The molecule has 1 aromatic carbocycles. The Morgan fingerprint density at radius 2 is 2.37 bits per heavy atom. The minimum atomic E-state index is 0.0554. The molecule has 1 aliphatic heterocycles. The van der Waals surface area contributed by atoms with E-state index in [4.69, 9.17) is 0 Å². The Kier molecular flexibility index (Phi) is 3.47. The molecule has 1 saturated heterocycles. The number of likely N-dealkylation sites (tertiary alicyclic amines) is 1. The second-order valence-electron chi connectivity index (χ2n) is 5.26. The van der Waals surface area contributed by atoms with E-state index in [-0.39, 0.29) is 5.91 Å². The lowest BCUT2D eigenvalue weighted by Crippen LogP contribution is -2.39. The van der Waals surface area contributed by atoms with Crippen LogP contribution in [-0.2, 0) is 0 Å². The number of amides is 1. The number of benzene rings is 1. The first-order valence-electron chi connectivity index (χ1n) is 6.58. The average Bonchev–Trinajstić information content (AvgIpc) is 2.80. The fourth-order valence-electron chi connectivity index (χ4n) is 2.67. The summed E-state index contributed by atoms with van der Waals surface area (Å²) >= 11 is 2.26. The van der Waals surface area contributed by atoms with Gasteiger partial charge >= 0.3 is 0 Å². The number of aromatic nitrogens is 2. The molecule has 1 fully saturated rings. The van der Waals surface area contributed by atoms with Gasteiger partial charge in [-0.1, -0.05) is 6.92 Å². The van der Waals surface area contributed by atoms with Crippen LogP contribution in [0.15, 0.2) is 18.2 Å². The van der Waals surface area contributed by atoms with Crippen molar-refractivity contribution in [1.82, 2.24) is 15.1 Å². The maximum absolute atomic E-state index is 12.6. The van der Waals surface area contributed by atoms with Gasteiger partial charge in [0.2, 0.25) is 0 Å². The van der Waals surface area contributed by atoms with Gasteiger partial charge < -0.3 is 4.90 Å². The van der Waals surface area contributed by atoms with Crippen LogP contribution in [0.5, 0.6) is 0 Å². The molecular weight excluding hydrogens is 353 g/mol. The smallest absolute Gasteiger partial charge is 0.275 e. The molecule has 2 aromatic rings. The molecular formula is C14H16IN3O. The second kappa shape index (κ2) is 5.11. The molecule has 0 radical (unpaired) electrons. The molecule has 1 aliphatic rings. The first-order valence-corrected chi connectivity index (χ1v) is 7.66. The van der Waals surface area contributed by atoms with E-state index >= 15 is 0 Å². The highest BCUT2D eigenvalue weighted by Gasteiger charge is 2.25. The number of halogens is 1. The lowest BCUT2D eigenvalue weighted by atomic mass is 10.00. The summed E-state index contributed by atoms with van der Waals surface area (Å²) in [4.78, 5) is 14.5. The molecule has 19 heavy (non-hydrogen) atoms. The van der Waals surface area contributed by atoms with Crippen LogP contribution in [0.25, 0.3) is 10.9 Å². The fourth-order valence-corrected chi connectivity index (χ4v) is 3.16. The number of aromatic amines is 1. The highest BCUT2D eigenvalue weighted by Crippen LogP contribution is 2.22. The van der Waals surface area contributed by atoms with Crippen LogP contribution in [-0.4, -0.2) is 34.1 Å². The van der Waals surface area contributed by atoms with Crippen molar-refractivity contribution in [3.05, 3.63) is 27.5 Å². The van der Waals surface area contributed by atoms with E-state index in [2.05, 4.69) is 39.7 Å². The van der Waals surface area contributed by atoms with Crippen molar-refractivity contribution in [1.29, 1.82) is 0 Å². The molecule has 1 aromatic heterocycles. The molecule has 0 spiro atoms. The molecule has 100 valence electrons.